The van der Waals surface area contributed by atoms with Gasteiger partial charge in [0.2, 0.25) is 5.89 Å². The Kier molecular flexibility index (Phi) is 2.75. The van der Waals surface area contributed by atoms with E-state index in [1.165, 1.54) is 18.2 Å². The normalized spacial score (nSPS) is 10.9. The van der Waals surface area contributed by atoms with Gasteiger partial charge in [0.15, 0.2) is 5.58 Å². The molecule has 0 fully saturated rings. The van der Waals surface area contributed by atoms with Crippen molar-refractivity contribution in [3.63, 3.8) is 0 Å². The highest BCUT2D eigenvalue weighted by Crippen LogP contribution is 2.27. The minimum Gasteiger partial charge on any atom is -0.478 e. The molecule has 1 N–H and O–H groups in total. The van der Waals surface area contributed by atoms with E-state index in [0.717, 1.165) is 5.56 Å². The maximum atomic E-state index is 13.8. The van der Waals surface area contributed by atoms with Gasteiger partial charge in [-0.25, -0.2) is 14.2 Å². The molecule has 20 heavy (non-hydrogen) atoms. The van der Waals surface area contributed by atoms with Gasteiger partial charge in [0.05, 0.1) is 11.1 Å². The van der Waals surface area contributed by atoms with Crippen molar-refractivity contribution in [2.75, 3.05) is 0 Å². The summed E-state index contributed by atoms with van der Waals surface area (Å²) in [6, 6.07) is 9.00. The van der Waals surface area contributed by atoms with E-state index in [2.05, 4.69) is 4.98 Å². The van der Waals surface area contributed by atoms with Crippen molar-refractivity contribution in [3.05, 3.63) is 53.3 Å². The molecular formula is C15H10FNO3. The number of fused-ring (bicyclic) bond motifs is 1. The molecule has 0 bridgehead atoms. The average molecular weight is 271 g/mol. The Hall–Kier alpha value is -2.69. The number of aromatic carboxylic acids is 1. The first-order valence-corrected chi connectivity index (χ1v) is 5.95. The van der Waals surface area contributed by atoms with E-state index in [-0.39, 0.29) is 17.0 Å². The Morgan fingerprint density at radius 2 is 2.05 bits per heavy atom. The molecule has 0 amide bonds. The van der Waals surface area contributed by atoms with Crippen LogP contribution in [0.5, 0.6) is 0 Å². The highest BCUT2D eigenvalue weighted by atomic mass is 19.1. The Balaban J connectivity index is 2.17. The molecule has 0 saturated heterocycles. The molecule has 0 saturated carbocycles. The third kappa shape index (κ3) is 2.03. The lowest BCUT2D eigenvalue weighted by Gasteiger charge is -1.99. The number of benzene rings is 2. The molecule has 0 unspecified atom stereocenters. The summed E-state index contributed by atoms with van der Waals surface area (Å²) >= 11 is 0. The number of carboxylic acids is 1. The highest BCUT2D eigenvalue weighted by molar-refractivity contribution is 5.92. The van der Waals surface area contributed by atoms with E-state index in [9.17, 15) is 9.18 Å². The summed E-state index contributed by atoms with van der Waals surface area (Å²) in [5.41, 5.74) is 2.06. The van der Waals surface area contributed by atoms with Crippen molar-refractivity contribution in [1.82, 2.24) is 4.98 Å². The molecule has 0 spiro atoms. The molecule has 1 heterocycles. The molecular weight excluding hydrogens is 261 g/mol. The number of oxazole rings is 1. The van der Waals surface area contributed by atoms with Crippen LogP contribution in [0, 0.1) is 12.7 Å². The number of carboxylic acid groups (broad SMARTS) is 1. The van der Waals surface area contributed by atoms with Crippen LogP contribution in [0.4, 0.5) is 4.39 Å². The lowest BCUT2D eigenvalue weighted by molar-refractivity contribution is 0.0697. The Morgan fingerprint density at radius 1 is 1.25 bits per heavy atom. The Morgan fingerprint density at radius 3 is 2.80 bits per heavy atom. The zero-order valence-electron chi connectivity index (χ0n) is 10.6. The number of carbonyl (C=O) groups is 1. The number of aryl methyl sites for hydroxylation is 1. The highest BCUT2D eigenvalue weighted by Gasteiger charge is 2.14. The lowest BCUT2D eigenvalue weighted by atomic mass is 10.1. The third-order valence-electron chi connectivity index (χ3n) is 2.99. The third-order valence-corrected chi connectivity index (χ3v) is 2.99. The zero-order chi connectivity index (χ0) is 14.3. The van der Waals surface area contributed by atoms with Crippen LogP contribution in [0.3, 0.4) is 0 Å². The van der Waals surface area contributed by atoms with Crippen LogP contribution in [0.1, 0.15) is 15.9 Å². The standard InChI is InChI=1S/C15H10FNO3/c1-8-2-4-11(16)10(6-8)14-17-12-5-3-9(15(18)19)7-13(12)20-14/h2-7H,1H3,(H,18,19). The van der Waals surface area contributed by atoms with Gasteiger partial charge >= 0.3 is 5.97 Å². The second-order valence-corrected chi connectivity index (χ2v) is 4.49. The number of nitrogens with zero attached hydrogens (tertiary/aromatic N) is 1. The largest absolute Gasteiger partial charge is 0.478 e. The molecule has 0 radical (unpaired) electrons. The van der Waals surface area contributed by atoms with Crippen LogP contribution < -0.4 is 0 Å². The minimum absolute atomic E-state index is 0.102. The average Bonchev–Trinajstić information content (AvgIpc) is 2.83. The van der Waals surface area contributed by atoms with Crippen LogP contribution in [0.15, 0.2) is 40.8 Å². The number of hydrogen-bond donors (Lipinski definition) is 1. The minimum atomic E-state index is -1.05. The summed E-state index contributed by atoms with van der Waals surface area (Å²) in [6.07, 6.45) is 0. The van der Waals surface area contributed by atoms with Gasteiger partial charge < -0.3 is 9.52 Å². The van der Waals surface area contributed by atoms with Gasteiger partial charge in [-0.2, -0.15) is 0 Å². The van der Waals surface area contributed by atoms with Gasteiger partial charge in [-0.1, -0.05) is 11.6 Å². The van der Waals surface area contributed by atoms with Gasteiger partial charge in [0.25, 0.3) is 0 Å². The molecule has 0 aliphatic carbocycles. The first-order valence-electron chi connectivity index (χ1n) is 5.95. The monoisotopic (exact) mass is 271 g/mol. The first-order chi connectivity index (χ1) is 9.54. The fourth-order valence-electron chi connectivity index (χ4n) is 1.98. The SMILES string of the molecule is Cc1ccc(F)c(-c2nc3ccc(C(=O)O)cc3o2)c1. The quantitative estimate of drug-likeness (QED) is 0.772. The van der Waals surface area contributed by atoms with Crippen molar-refractivity contribution >= 4 is 17.1 Å². The van der Waals surface area contributed by atoms with Crippen molar-refractivity contribution in [2.24, 2.45) is 0 Å². The lowest BCUT2D eigenvalue weighted by Crippen LogP contribution is -1.94. The van der Waals surface area contributed by atoms with E-state index in [4.69, 9.17) is 9.52 Å². The Labute approximate surface area is 113 Å². The van der Waals surface area contributed by atoms with Crippen LogP contribution >= 0.6 is 0 Å². The van der Waals surface area contributed by atoms with Crippen LogP contribution in [0.25, 0.3) is 22.6 Å². The molecule has 3 aromatic rings. The molecule has 0 aliphatic heterocycles. The van der Waals surface area contributed by atoms with Crippen molar-refractivity contribution < 1.29 is 18.7 Å². The predicted octanol–water partition coefficient (Wildman–Crippen LogP) is 3.64. The summed E-state index contributed by atoms with van der Waals surface area (Å²) in [5.74, 6) is -1.34. The van der Waals surface area contributed by atoms with Crippen molar-refractivity contribution in [2.45, 2.75) is 6.92 Å². The van der Waals surface area contributed by atoms with E-state index >= 15 is 0 Å². The number of rotatable bonds is 2. The van der Waals surface area contributed by atoms with Gasteiger partial charge in [0, 0.05) is 0 Å². The van der Waals surface area contributed by atoms with Gasteiger partial charge in [0.1, 0.15) is 11.3 Å². The van der Waals surface area contributed by atoms with E-state index < -0.39 is 11.8 Å². The molecule has 0 atom stereocenters. The van der Waals surface area contributed by atoms with Crippen molar-refractivity contribution in [1.29, 1.82) is 0 Å². The van der Waals surface area contributed by atoms with E-state index in [1.54, 1.807) is 18.2 Å². The molecule has 4 nitrogen and oxygen atoms in total. The molecule has 5 heteroatoms. The second-order valence-electron chi connectivity index (χ2n) is 4.49. The maximum absolute atomic E-state index is 13.8. The summed E-state index contributed by atoms with van der Waals surface area (Å²) in [5, 5.41) is 8.93. The van der Waals surface area contributed by atoms with Gasteiger partial charge in [-0.15, -0.1) is 0 Å². The number of hydrogen-bond acceptors (Lipinski definition) is 3. The van der Waals surface area contributed by atoms with Crippen LogP contribution in [0.2, 0.25) is 0 Å². The smallest absolute Gasteiger partial charge is 0.335 e. The Bertz CT molecular complexity index is 823. The summed E-state index contributed by atoms with van der Waals surface area (Å²) in [6.45, 7) is 1.84. The fourth-order valence-corrected chi connectivity index (χ4v) is 1.98. The summed E-state index contributed by atoms with van der Waals surface area (Å²) in [4.78, 5) is 15.1. The van der Waals surface area contributed by atoms with Crippen LogP contribution in [-0.4, -0.2) is 16.1 Å². The summed E-state index contributed by atoms with van der Waals surface area (Å²) < 4.78 is 19.3. The topological polar surface area (TPSA) is 63.3 Å². The zero-order valence-corrected chi connectivity index (χ0v) is 10.6. The van der Waals surface area contributed by atoms with Gasteiger partial charge in [-0.3, -0.25) is 0 Å². The molecule has 100 valence electrons. The first kappa shape index (κ1) is 12.3. The van der Waals surface area contributed by atoms with E-state index in [0.29, 0.717) is 11.1 Å². The molecule has 0 aliphatic rings. The van der Waals surface area contributed by atoms with Crippen LogP contribution in [-0.2, 0) is 0 Å². The number of halogens is 1. The maximum Gasteiger partial charge on any atom is 0.335 e. The van der Waals surface area contributed by atoms with Gasteiger partial charge in [-0.05, 0) is 37.3 Å². The second kappa shape index (κ2) is 4.45. The van der Waals surface area contributed by atoms with Crippen molar-refractivity contribution in [3.8, 4) is 11.5 Å². The fraction of sp³-hybridized carbons (Fsp3) is 0.0667. The number of aromatic nitrogens is 1. The molecule has 2 aromatic carbocycles. The van der Waals surface area contributed by atoms with E-state index in [1.807, 2.05) is 6.92 Å². The molecule has 1 aromatic heterocycles. The molecule has 3 rings (SSSR count). The predicted molar refractivity (Wildman–Crippen MR) is 71.1 cm³/mol. The summed E-state index contributed by atoms with van der Waals surface area (Å²) in [7, 11) is 0.